The summed E-state index contributed by atoms with van der Waals surface area (Å²) in [5, 5.41) is 10.7. The number of hydrogen-bond donors (Lipinski definition) is 1. The van der Waals surface area contributed by atoms with Gasteiger partial charge in [-0.3, -0.25) is 0 Å². The van der Waals surface area contributed by atoms with Gasteiger partial charge in [-0.25, -0.2) is 0 Å². The highest BCUT2D eigenvalue weighted by molar-refractivity contribution is 6.32. The van der Waals surface area contributed by atoms with Gasteiger partial charge in [0.1, 0.15) is 13.2 Å². The maximum Gasteiger partial charge on any atom is 0.179 e. The molecule has 2 aliphatic heterocycles. The van der Waals surface area contributed by atoms with Gasteiger partial charge in [0.25, 0.3) is 0 Å². The fourth-order valence-electron chi connectivity index (χ4n) is 2.40. The third-order valence-corrected chi connectivity index (χ3v) is 3.95. The Balaban J connectivity index is 1.70. The number of aliphatic hydroxyl groups excluding tert-OH is 1. The number of aliphatic hydroxyl groups is 1. The van der Waals surface area contributed by atoms with Gasteiger partial charge in [-0.1, -0.05) is 11.6 Å². The van der Waals surface area contributed by atoms with Crippen molar-refractivity contribution in [2.75, 3.05) is 32.8 Å². The molecule has 1 fully saturated rings. The maximum atomic E-state index is 10.2. The van der Waals surface area contributed by atoms with E-state index >= 15 is 0 Å². The van der Waals surface area contributed by atoms with E-state index in [1.165, 1.54) is 6.42 Å². The fourth-order valence-corrected chi connectivity index (χ4v) is 2.67. The van der Waals surface area contributed by atoms with Crippen molar-refractivity contribution in [1.82, 2.24) is 4.90 Å². The Morgan fingerprint density at radius 1 is 1.26 bits per heavy atom. The third-order valence-electron chi connectivity index (χ3n) is 3.67. The molecule has 3 rings (SSSR count). The van der Waals surface area contributed by atoms with E-state index < -0.39 is 6.10 Å². The Bertz CT molecular complexity index is 462. The molecule has 2 heterocycles. The van der Waals surface area contributed by atoms with Gasteiger partial charge in [0.15, 0.2) is 11.5 Å². The molecule has 0 radical (unpaired) electrons. The summed E-state index contributed by atoms with van der Waals surface area (Å²) in [5.74, 6) is 1.23. The molecule has 1 aromatic rings. The van der Waals surface area contributed by atoms with E-state index in [9.17, 15) is 5.11 Å². The summed E-state index contributed by atoms with van der Waals surface area (Å²) in [7, 11) is 0. The Kier molecular flexibility index (Phi) is 3.82. The molecule has 0 bridgehead atoms. The van der Waals surface area contributed by atoms with Crippen LogP contribution in [0.4, 0.5) is 0 Å². The number of hydrogen-bond acceptors (Lipinski definition) is 4. The molecule has 0 saturated carbocycles. The summed E-state index contributed by atoms with van der Waals surface area (Å²) in [5.41, 5.74) is 0.801. The lowest BCUT2D eigenvalue weighted by atomic mass is 10.0. The molecule has 0 aromatic heterocycles. The van der Waals surface area contributed by atoms with Crippen LogP contribution in [0, 0.1) is 0 Å². The Morgan fingerprint density at radius 3 is 2.79 bits per heavy atom. The number of rotatable bonds is 4. The first-order valence-corrected chi connectivity index (χ1v) is 7.11. The van der Waals surface area contributed by atoms with E-state index in [-0.39, 0.29) is 0 Å². The second-order valence-electron chi connectivity index (χ2n) is 5.03. The van der Waals surface area contributed by atoms with Crippen molar-refractivity contribution in [2.24, 2.45) is 0 Å². The summed E-state index contributed by atoms with van der Waals surface area (Å²) >= 11 is 6.17. The molecule has 0 amide bonds. The zero-order valence-corrected chi connectivity index (χ0v) is 11.5. The van der Waals surface area contributed by atoms with Crippen LogP contribution in [0.3, 0.4) is 0 Å². The standard InChI is InChI=1S/C14H18ClNO3/c15-11-8-10(9-13-14(11)19-7-6-18-13)12(17)2-5-16-3-1-4-16/h8-9,12,17H,1-7H2. The minimum absolute atomic E-state index is 0.506. The van der Waals surface area contributed by atoms with E-state index in [0.29, 0.717) is 29.7 Å². The zero-order valence-electron chi connectivity index (χ0n) is 10.8. The molecule has 4 nitrogen and oxygen atoms in total. The monoisotopic (exact) mass is 283 g/mol. The van der Waals surface area contributed by atoms with Crippen molar-refractivity contribution in [3.63, 3.8) is 0 Å². The predicted molar refractivity (Wildman–Crippen MR) is 73.1 cm³/mol. The lowest BCUT2D eigenvalue weighted by Crippen LogP contribution is -2.38. The average Bonchev–Trinajstić information content (AvgIpc) is 2.36. The summed E-state index contributed by atoms with van der Waals surface area (Å²) in [6.45, 7) is 4.26. The second kappa shape index (κ2) is 5.57. The molecule has 1 aromatic carbocycles. The molecule has 1 atom stereocenters. The van der Waals surface area contributed by atoms with Crippen LogP contribution in [-0.4, -0.2) is 42.9 Å². The minimum Gasteiger partial charge on any atom is -0.486 e. The molecule has 1 saturated heterocycles. The highest BCUT2D eigenvalue weighted by Crippen LogP contribution is 2.40. The summed E-state index contributed by atoms with van der Waals surface area (Å²) in [6, 6.07) is 3.61. The Hall–Kier alpha value is -0.970. The normalized spacial score (nSPS) is 19.9. The van der Waals surface area contributed by atoms with Crippen molar-refractivity contribution in [1.29, 1.82) is 0 Å². The van der Waals surface area contributed by atoms with Crippen LogP contribution in [0.2, 0.25) is 5.02 Å². The van der Waals surface area contributed by atoms with Crippen LogP contribution in [-0.2, 0) is 0 Å². The topological polar surface area (TPSA) is 41.9 Å². The lowest BCUT2D eigenvalue weighted by Gasteiger charge is -2.31. The first-order valence-electron chi connectivity index (χ1n) is 6.73. The van der Waals surface area contributed by atoms with Crippen molar-refractivity contribution < 1.29 is 14.6 Å². The first-order chi connectivity index (χ1) is 9.24. The van der Waals surface area contributed by atoms with Crippen LogP contribution < -0.4 is 9.47 Å². The van der Waals surface area contributed by atoms with Crippen molar-refractivity contribution in [3.8, 4) is 11.5 Å². The molecule has 1 N–H and O–H groups in total. The molecule has 5 heteroatoms. The summed E-state index contributed by atoms with van der Waals surface area (Å²) < 4.78 is 11.0. The second-order valence-corrected chi connectivity index (χ2v) is 5.43. The molecule has 1 unspecified atom stereocenters. The Labute approximate surface area is 117 Å². The van der Waals surface area contributed by atoms with E-state index in [1.807, 2.05) is 6.07 Å². The van der Waals surface area contributed by atoms with Crippen LogP contribution in [0.5, 0.6) is 11.5 Å². The zero-order chi connectivity index (χ0) is 13.2. The van der Waals surface area contributed by atoms with Crippen LogP contribution in [0.25, 0.3) is 0 Å². The van der Waals surface area contributed by atoms with E-state index in [2.05, 4.69) is 4.90 Å². The van der Waals surface area contributed by atoms with Crippen LogP contribution >= 0.6 is 11.6 Å². The molecule has 0 aliphatic carbocycles. The number of benzene rings is 1. The van der Waals surface area contributed by atoms with Crippen molar-refractivity contribution >= 4 is 11.6 Å². The number of fused-ring (bicyclic) bond motifs is 1. The highest BCUT2D eigenvalue weighted by Gasteiger charge is 2.21. The third kappa shape index (κ3) is 2.81. The summed E-state index contributed by atoms with van der Waals surface area (Å²) in [6.07, 6.45) is 1.48. The SMILES string of the molecule is OC(CCN1CCC1)c1cc(Cl)c2c(c1)OCCO2. The van der Waals surface area contributed by atoms with Gasteiger partial charge in [-0.05, 0) is 43.6 Å². The molecule has 104 valence electrons. The van der Waals surface area contributed by atoms with Crippen molar-refractivity contribution in [3.05, 3.63) is 22.7 Å². The molecule has 2 aliphatic rings. The number of nitrogens with zero attached hydrogens (tertiary/aromatic N) is 1. The lowest BCUT2D eigenvalue weighted by molar-refractivity contribution is 0.115. The van der Waals surface area contributed by atoms with Gasteiger partial charge in [0, 0.05) is 6.54 Å². The number of likely N-dealkylation sites (tertiary alicyclic amines) is 1. The van der Waals surface area contributed by atoms with Crippen LogP contribution in [0.1, 0.15) is 24.5 Å². The average molecular weight is 284 g/mol. The largest absolute Gasteiger partial charge is 0.486 e. The molecule has 0 spiro atoms. The smallest absolute Gasteiger partial charge is 0.179 e. The molecular weight excluding hydrogens is 266 g/mol. The highest BCUT2D eigenvalue weighted by atomic mass is 35.5. The van der Waals surface area contributed by atoms with Crippen molar-refractivity contribution in [2.45, 2.75) is 18.9 Å². The quantitative estimate of drug-likeness (QED) is 0.920. The van der Waals surface area contributed by atoms with Gasteiger partial charge in [0.2, 0.25) is 0 Å². The molecular formula is C14H18ClNO3. The minimum atomic E-state index is -0.506. The van der Waals surface area contributed by atoms with Gasteiger partial charge >= 0.3 is 0 Å². The van der Waals surface area contributed by atoms with E-state index in [0.717, 1.165) is 31.6 Å². The van der Waals surface area contributed by atoms with Gasteiger partial charge in [0.05, 0.1) is 11.1 Å². The maximum absolute atomic E-state index is 10.2. The fraction of sp³-hybridized carbons (Fsp3) is 0.571. The first kappa shape index (κ1) is 13.0. The van der Waals surface area contributed by atoms with E-state index in [4.69, 9.17) is 21.1 Å². The van der Waals surface area contributed by atoms with E-state index in [1.54, 1.807) is 6.07 Å². The number of halogens is 1. The van der Waals surface area contributed by atoms with Crippen LogP contribution in [0.15, 0.2) is 12.1 Å². The Morgan fingerprint density at radius 2 is 2.05 bits per heavy atom. The van der Waals surface area contributed by atoms with Gasteiger partial charge in [-0.15, -0.1) is 0 Å². The van der Waals surface area contributed by atoms with Gasteiger partial charge < -0.3 is 19.5 Å². The molecule has 19 heavy (non-hydrogen) atoms. The van der Waals surface area contributed by atoms with Gasteiger partial charge in [-0.2, -0.15) is 0 Å². The number of ether oxygens (including phenoxy) is 2. The summed E-state index contributed by atoms with van der Waals surface area (Å²) in [4.78, 5) is 2.34. The predicted octanol–water partition coefficient (Wildman–Crippen LogP) is 2.24.